The van der Waals surface area contributed by atoms with E-state index in [0.29, 0.717) is 23.0 Å². The average Bonchev–Trinajstić information content (AvgIpc) is 2.75. The van der Waals surface area contributed by atoms with E-state index in [4.69, 9.17) is 16.3 Å². The maximum absolute atomic E-state index is 14.1. The second kappa shape index (κ2) is 10.7. The second-order valence-corrected chi connectivity index (χ2v) is 9.56. The number of aryl methyl sites for hydroxylation is 1. The lowest BCUT2D eigenvalue weighted by molar-refractivity contribution is -0.127. The number of benzene rings is 2. The van der Waals surface area contributed by atoms with Gasteiger partial charge in [0.2, 0.25) is 5.91 Å². The summed E-state index contributed by atoms with van der Waals surface area (Å²) >= 11 is 5.84. The van der Waals surface area contributed by atoms with Gasteiger partial charge in [0, 0.05) is 23.0 Å². The van der Waals surface area contributed by atoms with Crippen molar-refractivity contribution in [2.45, 2.75) is 59.0 Å². The molecule has 4 nitrogen and oxygen atoms in total. The zero-order valence-electron chi connectivity index (χ0n) is 19.7. The smallest absolute Gasteiger partial charge is 0.223 e. The van der Waals surface area contributed by atoms with E-state index in [1.165, 1.54) is 6.07 Å². The van der Waals surface area contributed by atoms with Crippen LogP contribution in [0.15, 0.2) is 30.3 Å². The fourth-order valence-corrected chi connectivity index (χ4v) is 4.62. The number of carbonyl (C=O) groups is 1. The Balaban J connectivity index is 1.58. The number of hydrogen-bond donors (Lipinski definition) is 1. The summed E-state index contributed by atoms with van der Waals surface area (Å²) in [6.45, 7) is 10.5. The Morgan fingerprint density at radius 3 is 2.47 bits per heavy atom. The Morgan fingerprint density at radius 1 is 1.19 bits per heavy atom. The average molecular weight is 461 g/mol. The first kappa shape index (κ1) is 24.5. The highest BCUT2D eigenvalue weighted by Crippen LogP contribution is 2.32. The molecule has 6 heteroatoms. The summed E-state index contributed by atoms with van der Waals surface area (Å²) in [6, 6.07) is 8.94. The molecule has 0 aliphatic carbocycles. The largest absolute Gasteiger partial charge is 0.496 e. The molecule has 1 aliphatic heterocycles. The Bertz CT molecular complexity index is 955. The summed E-state index contributed by atoms with van der Waals surface area (Å²) in [6.07, 6.45) is 1.54. The van der Waals surface area contributed by atoms with E-state index in [9.17, 15) is 9.18 Å². The highest BCUT2D eigenvalue weighted by molar-refractivity contribution is 6.30. The molecule has 1 heterocycles. The van der Waals surface area contributed by atoms with E-state index in [0.717, 1.165) is 48.4 Å². The lowest BCUT2D eigenvalue weighted by atomic mass is 9.92. The maximum Gasteiger partial charge on any atom is 0.223 e. The van der Waals surface area contributed by atoms with Crippen LogP contribution >= 0.6 is 11.6 Å². The molecule has 0 aromatic heterocycles. The first-order valence-electron chi connectivity index (χ1n) is 11.3. The standard InChI is InChI=1S/C26H34ClFN2O2/c1-16(2)22-14-23(17(3)12-25(22)32-5)18(4)29-26(31)19-8-10-30(11-9-19)15-20-6-7-21(27)13-24(20)28/h6-7,12-14,16,18-19H,8-11,15H2,1-5H3,(H,29,31). The molecule has 0 radical (unpaired) electrons. The number of piperidine rings is 1. The first-order chi connectivity index (χ1) is 15.2. The van der Waals surface area contributed by atoms with E-state index in [1.54, 1.807) is 19.2 Å². The van der Waals surface area contributed by atoms with Crippen molar-refractivity contribution in [3.05, 3.63) is 63.4 Å². The van der Waals surface area contributed by atoms with Crippen molar-refractivity contribution in [1.29, 1.82) is 0 Å². The fourth-order valence-electron chi connectivity index (χ4n) is 4.46. The third-order valence-electron chi connectivity index (χ3n) is 6.43. The Morgan fingerprint density at radius 2 is 1.88 bits per heavy atom. The molecule has 1 N–H and O–H groups in total. The van der Waals surface area contributed by atoms with Crippen LogP contribution in [0.1, 0.15) is 67.8 Å². The third kappa shape index (κ3) is 5.81. The monoisotopic (exact) mass is 460 g/mol. The van der Waals surface area contributed by atoms with Gasteiger partial charge in [-0.2, -0.15) is 0 Å². The predicted octanol–water partition coefficient (Wildman–Crippen LogP) is 6.01. The molecule has 174 valence electrons. The minimum atomic E-state index is -0.276. The van der Waals surface area contributed by atoms with Crippen molar-refractivity contribution in [2.24, 2.45) is 5.92 Å². The van der Waals surface area contributed by atoms with E-state index in [2.05, 4.69) is 43.1 Å². The molecular formula is C26H34ClFN2O2. The minimum Gasteiger partial charge on any atom is -0.496 e. The molecule has 2 aromatic carbocycles. The fraction of sp³-hybridized carbons (Fsp3) is 0.500. The number of methoxy groups -OCH3 is 1. The zero-order chi connectivity index (χ0) is 23.4. The molecule has 1 fully saturated rings. The quantitative estimate of drug-likeness (QED) is 0.550. The van der Waals surface area contributed by atoms with Crippen LogP contribution in [0, 0.1) is 18.7 Å². The van der Waals surface area contributed by atoms with Gasteiger partial charge in [-0.05, 0) is 86.7 Å². The van der Waals surface area contributed by atoms with Crippen LogP contribution in [0.3, 0.4) is 0 Å². The van der Waals surface area contributed by atoms with Crippen LogP contribution in [-0.4, -0.2) is 31.0 Å². The van der Waals surface area contributed by atoms with Gasteiger partial charge in [-0.25, -0.2) is 4.39 Å². The van der Waals surface area contributed by atoms with Gasteiger partial charge >= 0.3 is 0 Å². The van der Waals surface area contributed by atoms with E-state index in [1.807, 2.05) is 6.92 Å². The van der Waals surface area contributed by atoms with Crippen LogP contribution in [-0.2, 0) is 11.3 Å². The van der Waals surface area contributed by atoms with Crippen molar-refractivity contribution in [1.82, 2.24) is 10.2 Å². The molecule has 3 rings (SSSR count). The number of rotatable bonds is 7. The number of nitrogens with zero attached hydrogens (tertiary/aromatic N) is 1. The Labute approximate surface area is 196 Å². The maximum atomic E-state index is 14.1. The number of halogens is 2. The first-order valence-corrected chi connectivity index (χ1v) is 11.7. The van der Waals surface area contributed by atoms with Crippen LogP contribution in [0.4, 0.5) is 4.39 Å². The number of hydrogen-bond acceptors (Lipinski definition) is 3. The normalized spacial score (nSPS) is 16.2. The van der Waals surface area contributed by atoms with Crippen molar-refractivity contribution in [2.75, 3.05) is 20.2 Å². The Hall–Kier alpha value is -2.11. The van der Waals surface area contributed by atoms with E-state index in [-0.39, 0.29) is 23.7 Å². The molecule has 0 saturated carbocycles. The molecule has 0 bridgehead atoms. The summed E-state index contributed by atoms with van der Waals surface area (Å²) < 4.78 is 19.6. The van der Waals surface area contributed by atoms with Crippen LogP contribution < -0.4 is 10.1 Å². The lowest BCUT2D eigenvalue weighted by Crippen LogP contribution is -2.41. The van der Waals surface area contributed by atoms with Gasteiger partial charge in [-0.3, -0.25) is 9.69 Å². The summed E-state index contributed by atoms with van der Waals surface area (Å²) in [4.78, 5) is 15.2. The summed E-state index contributed by atoms with van der Waals surface area (Å²) in [5, 5.41) is 3.62. The summed E-state index contributed by atoms with van der Waals surface area (Å²) in [5.41, 5.74) is 4.02. The molecule has 1 aliphatic rings. The lowest BCUT2D eigenvalue weighted by Gasteiger charge is -2.32. The minimum absolute atomic E-state index is 0.0214. The van der Waals surface area contributed by atoms with Gasteiger partial charge in [-0.1, -0.05) is 31.5 Å². The van der Waals surface area contributed by atoms with Gasteiger partial charge in [0.25, 0.3) is 0 Å². The highest BCUT2D eigenvalue weighted by Gasteiger charge is 2.27. The number of carbonyl (C=O) groups excluding carboxylic acids is 1. The van der Waals surface area contributed by atoms with Crippen molar-refractivity contribution >= 4 is 17.5 Å². The van der Waals surface area contributed by atoms with Crippen LogP contribution in [0.5, 0.6) is 5.75 Å². The molecule has 1 unspecified atom stereocenters. The third-order valence-corrected chi connectivity index (χ3v) is 6.67. The number of amides is 1. The molecule has 0 spiro atoms. The number of nitrogens with one attached hydrogen (secondary N) is 1. The molecule has 1 saturated heterocycles. The highest BCUT2D eigenvalue weighted by atomic mass is 35.5. The van der Waals surface area contributed by atoms with Gasteiger partial charge in [0.15, 0.2) is 0 Å². The topological polar surface area (TPSA) is 41.6 Å². The van der Waals surface area contributed by atoms with Crippen LogP contribution in [0.2, 0.25) is 5.02 Å². The molecule has 32 heavy (non-hydrogen) atoms. The van der Waals surface area contributed by atoms with Gasteiger partial charge in [-0.15, -0.1) is 0 Å². The van der Waals surface area contributed by atoms with Crippen LogP contribution in [0.25, 0.3) is 0 Å². The molecular weight excluding hydrogens is 427 g/mol. The molecule has 1 atom stereocenters. The number of ether oxygens (including phenoxy) is 1. The number of likely N-dealkylation sites (tertiary alicyclic amines) is 1. The van der Waals surface area contributed by atoms with Crippen molar-refractivity contribution in [3.63, 3.8) is 0 Å². The van der Waals surface area contributed by atoms with Crippen molar-refractivity contribution < 1.29 is 13.9 Å². The van der Waals surface area contributed by atoms with E-state index >= 15 is 0 Å². The van der Waals surface area contributed by atoms with E-state index < -0.39 is 0 Å². The SMILES string of the molecule is COc1cc(C)c(C(C)NC(=O)C2CCN(Cc3ccc(Cl)cc3F)CC2)cc1C(C)C. The van der Waals surface area contributed by atoms with Gasteiger partial charge < -0.3 is 10.1 Å². The predicted molar refractivity (Wildman–Crippen MR) is 128 cm³/mol. The summed E-state index contributed by atoms with van der Waals surface area (Å²) in [5.74, 6) is 1.02. The zero-order valence-corrected chi connectivity index (χ0v) is 20.4. The Kier molecular flexibility index (Phi) is 8.18. The summed E-state index contributed by atoms with van der Waals surface area (Å²) in [7, 11) is 1.69. The second-order valence-electron chi connectivity index (χ2n) is 9.12. The van der Waals surface area contributed by atoms with Gasteiger partial charge in [0.1, 0.15) is 11.6 Å². The van der Waals surface area contributed by atoms with Gasteiger partial charge in [0.05, 0.1) is 13.2 Å². The van der Waals surface area contributed by atoms with Crippen molar-refractivity contribution in [3.8, 4) is 5.75 Å². The molecule has 2 aromatic rings. The molecule has 1 amide bonds.